The smallest absolute Gasteiger partial charge is 0.199 e. The van der Waals surface area contributed by atoms with Crippen molar-refractivity contribution in [2.45, 2.75) is 25.4 Å². The Bertz CT molecular complexity index is 766. The van der Waals surface area contributed by atoms with Gasteiger partial charge in [-0.15, -0.1) is 0 Å². The van der Waals surface area contributed by atoms with Crippen LogP contribution in [-0.4, -0.2) is 16.7 Å². The van der Waals surface area contributed by atoms with Crippen molar-refractivity contribution in [1.29, 1.82) is 0 Å². The highest BCUT2D eigenvalue weighted by atomic mass is 79.9. The second-order valence-corrected chi connectivity index (χ2v) is 6.75. The van der Waals surface area contributed by atoms with Crippen LogP contribution in [0.5, 0.6) is 0 Å². The van der Waals surface area contributed by atoms with Crippen LogP contribution in [0.4, 0.5) is 0 Å². The van der Waals surface area contributed by atoms with Crippen LogP contribution in [0.3, 0.4) is 0 Å². The third-order valence-electron chi connectivity index (χ3n) is 4.56. The minimum absolute atomic E-state index is 0.0988. The number of aliphatic hydroxyl groups is 1. The molecule has 118 valence electrons. The van der Waals surface area contributed by atoms with Crippen LogP contribution in [0, 0.1) is 5.92 Å². The summed E-state index contributed by atoms with van der Waals surface area (Å²) in [4.78, 5) is 25.5. The molecule has 0 saturated heterocycles. The van der Waals surface area contributed by atoms with Crippen molar-refractivity contribution in [3.05, 3.63) is 69.7 Å². The number of carbonyl (C=O) groups is 2. The number of hydrogen-bond donors (Lipinski definition) is 1. The van der Waals surface area contributed by atoms with Gasteiger partial charge in [-0.25, -0.2) is 0 Å². The van der Waals surface area contributed by atoms with Gasteiger partial charge in [0.2, 0.25) is 0 Å². The molecule has 2 aromatic rings. The third-order valence-corrected chi connectivity index (χ3v) is 5.09. The van der Waals surface area contributed by atoms with E-state index in [0.29, 0.717) is 24.0 Å². The van der Waals surface area contributed by atoms with Crippen molar-refractivity contribution in [1.82, 2.24) is 0 Å². The fourth-order valence-corrected chi connectivity index (χ4v) is 3.54. The second kappa shape index (κ2) is 6.02. The highest BCUT2D eigenvalue weighted by Crippen LogP contribution is 2.41. The van der Waals surface area contributed by atoms with Crippen LogP contribution in [-0.2, 0) is 16.8 Å². The monoisotopic (exact) mass is 372 g/mol. The number of ketones is 2. The van der Waals surface area contributed by atoms with E-state index in [-0.39, 0.29) is 5.78 Å². The van der Waals surface area contributed by atoms with E-state index in [2.05, 4.69) is 15.9 Å². The quantitative estimate of drug-likeness (QED) is 0.893. The van der Waals surface area contributed by atoms with Crippen molar-refractivity contribution >= 4 is 27.5 Å². The Labute approximate surface area is 143 Å². The first kappa shape index (κ1) is 16.1. The number of Topliss-reactive ketones (excluding diaryl/α,β-unsaturated/α-hetero) is 2. The van der Waals surface area contributed by atoms with Gasteiger partial charge in [-0.05, 0) is 29.7 Å². The van der Waals surface area contributed by atoms with Crippen LogP contribution in [0.25, 0.3) is 0 Å². The maximum atomic E-state index is 13.0. The molecule has 1 N–H and O–H groups in total. The van der Waals surface area contributed by atoms with Gasteiger partial charge in [0.15, 0.2) is 11.4 Å². The topological polar surface area (TPSA) is 54.4 Å². The molecule has 0 spiro atoms. The molecule has 0 heterocycles. The predicted molar refractivity (Wildman–Crippen MR) is 91.3 cm³/mol. The molecule has 1 aliphatic rings. The highest BCUT2D eigenvalue weighted by Gasteiger charge is 2.51. The van der Waals surface area contributed by atoms with Crippen molar-refractivity contribution in [2.75, 3.05) is 0 Å². The van der Waals surface area contributed by atoms with Crippen LogP contribution in [0.2, 0.25) is 0 Å². The summed E-state index contributed by atoms with van der Waals surface area (Å²) in [7, 11) is 0. The summed E-state index contributed by atoms with van der Waals surface area (Å²) in [6, 6.07) is 14.1. The Hall–Kier alpha value is -1.78. The Balaban J connectivity index is 2.19. The van der Waals surface area contributed by atoms with Gasteiger partial charge >= 0.3 is 0 Å². The molecule has 0 unspecified atom stereocenters. The van der Waals surface area contributed by atoms with E-state index < -0.39 is 17.3 Å². The fraction of sp³-hybridized carbons (Fsp3) is 0.263. The molecule has 2 aromatic carbocycles. The van der Waals surface area contributed by atoms with Gasteiger partial charge in [-0.3, -0.25) is 9.59 Å². The summed E-state index contributed by atoms with van der Waals surface area (Å²) < 4.78 is 0.854. The lowest BCUT2D eigenvalue weighted by Gasteiger charge is -2.39. The number of fused-ring (bicyclic) bond motifs is 1. The van der Waals surface area contributed by atoms with Crippen molar-refractivity contribution < 1.29 is 14.7 Å². The molecule has 4 heteroatoms. The number of halogens is 1. The summed E-state index contributed by atoms with van der Waals surface area (Å²) in [5.41, 5.74) is -0.0153. The Morgan fingerprint density at radius 3 is 2.52 bits per heavy atom. The molecule has 3 nitrogen and oxygen atoms in total. The lowest BCUT2D eigenvalue weighted by molar-refractivity contribution is -0.130. The number of benzene rings is 2. The summed E-state index contributed by atoms with van der Waals surface area (Å²) in [6.45, 7) is 1.76. The molecular weight excluding hydrogens is 356 g/mol. The first-order chi connectivity index (χ1) is 11.0. The fourth-order valence-electron chi connectivity index (χ4n) is 3.28. The van der Waals surface area contributed by atoms with Crippen LogP contribution in [0.15, 0.2) is 53.0 Å². The van der Waals surface area contributed by atoms with Crippen molar-refractivity contribution in [2.24, 2.45) is 5.92 Å². The maximum Gasteiger partial charge on any atom is 0.199 e. The average Bonchev–Trinajstić information content (AvgIpc) is 2.58. The largest absolute Gasteiger partial charge is 0.376 e. The molecule has 1 aliphatic carbocycles. The van der Waals surface area contributed by atoms with Gasteiger partial charge in [0.05, 0.1) is 5.92 Å². The normalized spacial score (nSPS) is 23.4. The van der Waals surface area contributed by atoms with Crippen LogP contribution in [0.1, 0.15) is 34.8 Å². The molecule has 0 amide bonds. The molecule has 0 radical (unpaired) electrons. The van der Waals surface area contributed by atoms with E-state index in [1.165, 1.54) is 0 Å². The van der Waals surface area contributed by atoms with E-state index in [0.717, 1.165) is 10.0 Å². The SMILES string of the molecule is CCC(=O)[C@H]1Cc2ccccc2C(=O)[C@]1(O)c1ccc(Br)cc1. The highest BCUT2D eigenvalue weighted by molar-refractivity contribution is 9.10. The Morgan fingerprint density at radius 1 is 1.22 bits per heavy atom. The van der Waals surface area contributed by atoms with E-state index in [1.807, 2.05) is 12.1 Å². The summed E-state index contributed by atoms with van der Waals surface area (Å²) in [5.74, 6) is -1.25. The zero-order valence-electron chi connectivity index (χ0n) is 12.8. The predicted octanol–water partition coefficient (Wildman–Crippen LogP) is 3.67. The molecule has 0 aromatic heterocycles. The van der Waals surface area contributed by atoms with E-state index >= 15 is 0 Å². The molecule has 23 heavy (non-hydrogen) atoms. The van der Waals surface area contributed by atoms with E-state index in [1.54, 1.807) is 43.3 Å². The number of carbonyl (C=O) groups excluding carboxylic acids is 2. The second-order valence-electron chi connectivity index (χ2n) is 5.84. The molecule has 0 aliphatic heterocycles. The average molecular weight is 373 g/mol. The molecule has 0 fully saturated rings. The first-order valence-electron chi connectivity index (χ1n) is 7.62. The van der Waals surface area contributed by atoms with Crippen LogP contribution < -0.4 is 0 Å². The van der Waals surface area contributed by atoms with E-state index in [9.17, 15) is 14.7 Å². The zero-order valence-corrected chi connectivity index (χ0v) is 14.3. The molecule has 0 saturated carbocycles. The standard InChI is InChI=1S/C19H17BrO3/c1-2-17(21)16-11-12-5-3-4-6-15(12)18(22)19(16,23)13-7-9-14(20)10-8-13/h3-10,16,23H,2,11H2,1H3/t16-,19+/m1/s1. The molecule has 3 rings (SSSR count). The molecule has 0 bridgehead atoms. The van der Waals surface area contributed by atoms with Gasteiger partial charge in [-0.2, -0.15) is 0 Å². The Morgan fingerprint density at radius 2 is 1.87 bits per heavy atom. The van der Waals surface area contributed by atoms with Gasteiger partial charge in [0.25, 0.3) is 0 Å². The molecular formula is C19H17BrO3. The van der Waals surface area contributed by atoms with Crippen molar-refractivity contribution in [3.63, 3.8) is 0 Å². The lowest BCUT2D eigenvalue weighted by Crippen LogP contribution is -2.50. The lowest BCUT2D eigenvalue weighted by atomic mass is 9.66. The maximum absolute atomic E-state index is 13.0. The summed E-state index contributed by atoms with van der Waals surface area (Å²) in [5, 5.41) is 11.3. The number of hydrogen-bond acceptors (Lipinski definition) is 3. The Kier molecular flexibility index (Phi) is 4.21. The first-order valence-corrected chi connectivity index (χ1v) is 8.41. The minimum atomic E-state index is -1.80. The minimum Gasteiger partial charge on any atom is -0.376 e. The third kappa shape index (κ3) is 2.56. The molecule has 2 atom stereocenters. The summed E-state index contributed by atoms with van der Waals surface area (Å²) in [6.07, 6.45) is 0.667. The van der Waals surface area contributed by atoms with Gasteiger partial charge in [-0.1, -0.05) is 59.3 Å². The zero-order chi connectivity index (χ0) is 16.6. The van der Waals surface area contributed by atoms with Gasteiger partial charge < -0.3 is 5.11 Å². The summed E-state index contributed by atoms with van der Waals surface area (Å²) >= 11 is 3.35. The van der Waals surface area contributed by atoms with Gasteiger partial charge in [0.1, 0.15) is 5.78 Å². The van der Waals surface area contributed by atoms with Crippen molar-refractivity contribution in [3.8, 4) is 0 Å². The number of rotatable bonds is 3. The van der Waals surface area contributed by atoms with Gasteiger partial charge in [0, 0.05) is 16.5 Å². The van der Waals surface area contributed by atoms with E-state index in [4.69, 9.17) is 0 Å². The van der Waals surface area contributed by atoms with Crippen LogP contribution >= 0.6 is 15.9 Å².